The molecule has 0 spiro atoms. The van der Waals surface area contributed by atoms with Crippen LogP contribution in [0.5, 0.6) is 5.75 Å². The van der Waals surface area contributed by atoms with E-state index in [4.69, 9.17) is 10.5 Å². The summed E-state index contributed by atoms with van der Waals surface area (Å²) in [6.07, 6.45) is 1.64. The second kappa shape index (κ2) is 7.47. The molecule has 0 aromatic heterocycles. The third-order valence-corrected chi connectivity index (χ3v) is 4.11. The van der Waals surface area contributed by atoms with Gasteiger partial charge in [0.05, 0.1) is 11.5 Å². The molecule has 0 heterocycles. The molecule has 108 valence electrons. The molecular weight excluding hydrogens is 264 g/mol. The molecule has 1 unspecified atom stereocenters. The lowest BCUT2D eigenvalue weighted by Crippen LogP contribution is -2.36. The topological polar surface area (TPSA) is 81.4 Å². The summed E-state index contributed by atoms with van der Waals surface area (Å²) in [5.41, 5.74) is 5.69. The zero-order chi connectivity index (χ0) is 14.3. The minimum atomic E-state index is -3.49. The van der Waals surface area contributed by atoms with E-state index in [1.165, 1.54) is 12.1 Å². The molecule has 1 atom stereocenters. The third-order valence-electron chi connectivity index (χ3n) is 2.67. The van der Waals surface area contributed by atoms with Crippen LogP contribution in [-0.2, 0) is 10.0 Å². The van der Waals surface area contributed by atoms with E-state index >= 15 is 0 Å². The smallest absolute Gasteiger partial charge is 0.240 e. The van der Waals surface area contributed by atoms with Crippen molar-refractivity contribution in [1.29, 1.82) is 0 Å². The van der Waals surface area contributed by atoms with Gasteiger partial charge in [0.25, 0.3) is 0 Å². The molecule has 1 aromatic rings. The van der Waals surface area contributed by atoms with Gasteiger partial charge in [0.15, 0.2) is 0 Å². The molecule has 1 aromatic carbocycles. The van der Waals surface area contributed by atoms with E-state index in [0.29, 0.717) is 12.4 Å². The van der Waals surface area contributed by atoms with Gasteiger partial charge in [0, 0.05) is 12.6 Å². The quantitative estimate of drug-likeness (QED) is 0.758. The molecule has 6 heteroatoms. The first-order chi connectivity index (χ1) is 8.99. The maximum atomic E-state index is 12.0. The van der Waals surface area contributed by atoms with Crippen LogP contribution < -0.4 is 15.2 Å². The number of ether oxygens (including phenoxy) is 1. The van der Waals surface area contributed by atoms with Crippen LogP contribution in [0.15, 0.2) is 29.2 Å². The SMILES string of the molecule is CCCOc1ccc(S(=O)(=O)NCC(N)CC)cc1. The monoisotopic (exact) mass is 286 g/mol. The first-order valence-corrected chi connectivity index (χ1v) is 7.96. The summed E-state index contributed by atoms with van der Waals surface area (Å²) in [6.45, 7) is 4.79. The average molecular weight is 286 g/mol. The van der Waals surface area contributed by atoms with Gasteiger partial charge in [-0.05, 0) is 37.1 Å². The van der Waals surface area contributed by atoms with Gasteiger partial charge in [-0.15, -0.1) is 0 Å². The highest BCUT2D eigenvalue weighted by Gasteiger charge is 2.14. The fraction of sp³-hybridized carbons (Fsp3) is 0.538. The van der Waals surface area contributed by atoms with Gasteiger partial charge in [-0.1, -0.05) is 13.8 Å². The number of nitrogens with two attached hydrogens (primary N) is 1. The molecular formula is C13H22N2O3S. The van der Waals surface area contributed by atoms with Crippen LogP contribution in [0.25, 0.3) is 0 Å². The van der Waals surface area contributed by atoms with Crippen LogP contribution in [0.2, 0.25) is 0 Å². The van der Waals surface area contributed by atoms with Gasteiger partial charge >= 0.3 is 0 Å². The van der Waals surface area contributed by atoms with Gasteiger partial charge in [0.1, 0.15) is 5.75 Å². The van der Waals surface area contributed by atoms with Crippen LogP contribution in [0.1, 0.15) is 26.7 Å². The third kappa shape index (κ3) is 5.18. The second-order valence-corrected chi connectivity index (χ2v) is 6.11. The van der Waals surface area contributed by atoms with Crippen molar-refractivity contribution in [3.63, 3.8) is 0 Å². The predicted molar refractivity (Wildman–Crippen MR) is 75.7 cm³/mol. The van der Waals surface area contributed by atoms with Crippen LogP contribution >= 0.6 is 0 Å². The van der Waals surface area contributed by atoms with Crippen LogP contribution in [0.4, 0.5) is 0 Å². The van der Waals surface area contributed by atoms with Crippen molar-refractivity contribution in [3.8, 4) is 5.75 Å². The Morgan fingerprint density at radius 2 is 1.89 bits per heavy atom. The highest BCUT2D eigenvalue weighted by molar-refractivity contribution is 7.89. The standard InChI is InChI=1S/C13H22N2O3S/c1-3-9-18-12-5-7-13(8-6-12)19(16,17)15-10-11(14)4-2/h5-8,11,15H,3-4,9-10,14H2,1-2H3. The fourth-order valence-electron chi connectivity index (χ4n) is 1.38. The van der Waals surface area contributed by atoms with E-state index in [2.05, 4.69) is 4.72 Å². The van der Waals surface area contributed by atoms with Gasteiger partial charge in [0.2, 0.25) is 10.0 Å². The Kier molecular flexibility index (Phi) is 6.27. The summed E-state index contributed by atoms with van der Waals surface area (Å²) < 4.78 is 31.8. The molecule has 0 saturated carbocycles. The summed E-state index contributed by atoms with van der Waals surface area (Å²) in [5.74, 6) is 0.672. The van der Waals surface area contributed by atoms with Crippen molar-refractivity contribution in [1.82, 2.24) is 4.72 Å². The minimum absolute atomic E-state index is 0.165. The van der Waals surface area contributed by atoms with E-state index in [1.807, 2.05) is 13.8 Å². The molecule has 0 bridgehead atoms. The van der Waals surface area contributed by atoms with Crippen molar-refractivity contribution >= 4 is 10.0 Å². The van der Waals surface area contributed by atoms with Crippen LogP contribution in [0.3, 0.4) is 0 Å². The predicted octanol–water partition coefficient (Wildman–Crippen LogP) is 1.49. The molecule has 0 radical (unpaired) electrons. The maximum absolute atomic E-state index is 12.0. The zero-order valence-corrected chi connectivity index (χ0v) is 12.2. The minimum Gasteiger partial charge on any atom is -0.494 e. The summed E-state index contributed by atoms with van der Waals surface area (Å²) >= 11 is 0. The van der Waals surface area contributed by atoms with Crippen molar-refractivity contribution in [2.24, 2.45) is 5.73 Å². The Bertz CT molecular complexity index is 471. The molecule has 0 amide bonds. The van der Waals surface area contributed by atoms with E-state index in [9.17, 15) is 8.42 Å². The van der Waals surface area contributed by atoms with Crippen molar-refractivity contribution in [3.05, 3.63) is 24.3 Å². The Morgan fingerprint density at radius 1 is 1.26 bits per heavy atom. The number of benzene rings is 1. The van der Waals surface area contributed by atoms with Crippen molar-refractivity contribution in [2.75, 3.05) is 13.2 Å². The van der Waals surface area contributed by atoms with E-state index in [-0.39, 0.29) is 17.5 Å². The molecule has 0 aliphatic rings. The normalized spacial score (nSPS) is 13.2. The molecule has 0 aliphatic heterocycles. The number of sulfonamides is 1. The lowest BCUT2D eigenvalue weighted by atomic mass is 10.2. The summed E-state index contributed by atoms with van der Waals surface area (Å²) in [4.78, 5) is 0.222. The van der Waals surface area contributed by atoms with Crippen LogP contribution in [0, 0.1) is 0 Å². The van der Waals surface area contributed by atoms with E-state index in [0.717, 1.165) is 12.8 Å². The van der Waals surface area contributed by atoms with Crippen molar-refractivity contribution < 1.29 is 13.2 Å². The molecule has 1 rings (SSSR count). The number of nitrogens with one attached hydrogen (secondary N) is 1. The van der Waals surface area contributed by atoms with Crippen LogP contribution in [-0.4, -0.2) is 27.6 Å². The lowest BCUT2D eigenvalue weighted by molar-refractivity contribution is 0.317. The van der Waals surface area contributed by atoms with Gasteiger partial charge in [-0.2, -0.15) is 0 Å². The first-order valence-electron chi connectivity index (χ1n) is 6.47. The highest BCUT2D eigenvalue weighted by Crippen LogP contribution is 2.16. The highest BCUT2D eigenvalue weighted by atomic mass is 32.2. The Hall–Kier alpha value is -1.11. The number of hydrogen-bond donors (Lipinski definition) is 2. The van der Waals surface area contributed by atoms with Gasteiger partial charge in [-0.3, -0.25) is 0 Å². The lowest BCUT2D eigenvalue weighted by Gasteiger charge is -2.11. The Balaban J connectivity index is 2.68. The van der Waals surface area contributed by atoms with Gasteiger partial charge in [-0.25, -0.2) is 13.1 Å². The van der Waals surface area contributed by atoms with E-state index in [1.54, 1.807) is 12.1 Å². The van der Waals surface area contributed by atoms with E-state index < -0.39 is 10.0 Å². The molecule has 5 nitrogen and oxygen atoms in total. The largest absolute Gasteiger partial charge is 0.494 e. The first kappa shape index (κ1) is 15.9. The second-order valence-electron chi connectivity index (χ2n) is 4.34. The molecule has 19 heavy (non-hydrogen) atoms. The summed E-state index contributed by atoms with van der Waals surface area (Å²) in [5, 5.41) is 0. The average Bonchev–Trinajstić information content (AvgIpc) is 2.43. The van der Waals surface area contributed by atoms with Gasteiger partial charge < -0.3 is 10.5 Å². The number of rotatable bonds is 8. The number of hydrogen-bond acceptors (Lipinski definition) is 4. The molecule has 3 N–H and O–H groups in total. The molecule has 0 aliphatic carbocycles. The molecule has 0 fully saturated rings. The van der Waals surface area contributed by atoms with Crippen molar-refractivity contribution in [2.45, 2.75) is 37.6 Å². The Labute approximate surface area is 115 Å². The molecule has 0 saturated heterocycles. The summed E-state index contributed by atoms with van der Waals surface area (Å²) in [7, 11) is -3.49. The fourth-order valence-corrected chi connectivity index (χ4v) is 2.47. The summed E-state index contributed by atoms with van der Waals surface area (Å²) in [6, 6.07) is 6.21. The zero-order valence-electron chi connectivity index (χ0n) is 11.4. The maximum Gasteiger partial charge on any atom is 0.240 e. The Morgan fingerprint density at radius 3 is 2.42 bits per heavy atom.